The van der Waals surface area contributed by atoms with Gasteiger partial charge in [-0.05, 0) is 150 Å². The fourth-order valence-corrected chi connectivity index (χ4v) is 11.4. The molecule has 0 atom stereocenters. The highest BCUT2D eigenvalue weighted by atomic mass is 16.5. The minimum Gasteiger partial charge on any atom is -0.457 e. The van der Waals surface area contributed by atoms with E-state index in [1.807, 2.05) is 0 Å². The fourth-order valence-electron chi connectivity index (χ4n) is 11.4. The van der Waals surface area contributed by atoms with E-state index in [4.69, 9.17) is 4.74 Å². The summed E-state index contributed by atoms with van der Waals surface area (Å²) in [6.07, 6.45) is 0. The van der Waals surface area contributed by atoms with Gasteiger partial charge in [0.05, 0.1) is 11.1 Å². The molecule has 1 aliphatic heterocycles. The molecule has 1 heterocycles. The van der Waals surface area contributed by atoms with Gasteiger partial charge in [0.15, 0.2) is 0 Å². The van der Waals surface area contributed by atoms with E-state index in [1.165, 1.54) is 55.3 Å². The first-order valence-corrected chi connectivity index (χ1v) is 25.8. The van der Waals surface area contributed by atoms with Gasteiger partial charge >= 0.3 is 0 Å². The minimum absolute atomic E-state index is 0.0141. The lowest BCUT2D eigenvalue weighted by Gasteiger charge is -2.40. The van der Waals surface area contributed by atoms with E-state index < -0.39 is 5.41 Å². The average molecular weight is 941 g/mol. The number of fused-ring (bicyclic) bond motifs is 11. The van der Waals surface area contributed by atoms with Crippen LogP contribution in [0.15, 0.2) is 194 Å². The zero-order chi connectivity index (χ0) is 50.5. The molecule has 9 aromatic carbocycles. The lowest BCUT2D eigenvalue weighted by Crippen LogP contribution is -2.32. The molecule has 0 aromatic heterocycles. The van der Waals surface area contributed by atoms with Crippen LogP contribution in [0.1, 0.15) is 128 Å². The van der Waals surface area contributed by atoms with E-state index in [1.54, 1.807) is 0 Å². The van der Waals surface area contributed by atoms with Crippen molar-refractivity contribution in [2.45, 2.75) is 110 Å². The molecule has 0 saturated heterocycles. The maximum absolute atomic E-state index is 6.95. The van der Waals surface area contributed by atoms with Crippen LogP contribution < -0.4 is 14.5 Å². The summed E-state index contributed by atoms with van der Waals surface area (Å²) in [5, 5.41) is 2.41. The second kappa shape index (κ2) is 16.9. The van der Waals surface area contributed by atoms with Gasteiger partial charge in [-0.1, -0.05) is 198 Å². The average Bonchev–Trinajstić information content (AvgIpc) is 3.63. The normalized spacial score (nSPS) is 13.8. The summed E-state index contributed by atoms with van der Waals surface area (Å²) < 4.78 is 6.95. The largest absolute Gasteiger partial charge is 0.457 e. The van der Waals surface area contributed by atoms with E-state index in [-0.39, 0.29) is 21.7 Å². The monoisotopic (exact) mass is 941 g/mol. The van der Waals surface area contributed by atoms with Crippen LogP contribution in [0.3, 0.4) is 0 Å². The lowest BCUT2D eigenvalue weighted by atomic mass is 9.66. The SMILES string of the molecule is CC(C)(C)c1ccc(N(c2ccc(C(C)(C)C)cc2)c2ccc3c(c2)C2(c4ccccc4Oc4ccccc42)c2cc(N(c4ccc(C(C)(C)C)cc4)c4ccc(C(C)(C)C)cc4)c4ccccc4c2-3)cc1. The molecular formula is C69H68N2O. The van der Waals surface area contributed by atoms with E-state index >= 15 is 0 Å². The Kier molecular flexibility index (Phi) is 11.0. The highest BCUT2D eigenvalue weighted by molar-refractivity contribution is 6.11. The first-order chi connectivity index (χ1) is 34.2. The third-order valence-electron chi connectivity index (χ3n) is 15.4. The number of para-hydroxylation sites is 2. The minimum atomic E-state index is -0.749. The van der Waals surface area contributed by atoms with E-state index in [9.17, 15) is 0 Å². The van der Waals surface area contributed by atoms with Crippen molar-refractivity contribution in [3.05, 3.63) is 239 Å². The van der Waals surface area contributed by atoms with Crippen LogP contribution in [0, 0.1) is 0 Å². The Morgan fingerprint density at radius 1 is 0.319 bits per heavy atom. The van der Waals surface area contributed by atoms with Crippen LogP contribution in [-0.2, 0) is 27.1 Å². The van der Waals surface area contributed by atoms with Gasteiger partial charge < -0.3 is 14.5 Å². The summed E-state index contributed by atoms with van der Waals surface area (Å²) in [5.74, 6) is 1.74. The van der Waals surface area contributed by atoms with Gasteiger partial charge in [0, 0.05) is 45.0 Å². The molecule has 0 saturated carbocycles. The molecule has 1 aliphatic carbocycles. The summed E-state index contributed by atoms with van der Waals surface area (Å²) >= 11 is 0. The van der Waals surface area contributed by atoms with E-state index in [0.29, 0.717) is 0 Å². The van der Waals surface area contributed by atoms with Crippen LogP contribution >= 0.6 is 0 Å². The van der Waals surface area contributed by atoms with Gasteiger partial charge in [0.2, 0.25) is 0 Å². The van der Waals surface area contributed by atoms with Crippen LogP contribution in [-0.4, -0.2) is 0 Å². The van der Waals surface area contributed by atoms with E-state index in [2.05, 4.69) is 287 Å². The van der Waals surface area contributed by atoms with Crippen molar-refractivity contribution >= 4 is 44.9 Å². The van der Waals surface area contributed by atoms with Gasteiger partial charge in [0.25, 0.3) is 0 Å². The Balaban J connectivity index is 1.22. The summed E-state index contributed by atoms with van der Waals surface area (Å²) in [7, 11) is 0. The summed E-state index contributed by atoms with van der Waals surface area (Å²) in [4.78, 5) is 4.94. The van der Waals surface area contributed by atoms with Gasteiger partial charge in [-0.2, -0.15) is 0 Å². The van der Waals surface area contributed by atoms with Crippen LogP contribution in [0.5, 0.6) is 11.5 Å². The molecule has 2 aliphatic rings. The number of hydrogen-bond acceptors (Lipinski definition) is 3. The van der Waals surface area contributed by atoms with Crippen molar-refractivity contribution in [3.8, 4) is 22.6 Å². The van der Waals surface area contributed by atoms with Crippen molar-refractivity contribution in [2.75, 3.05) is 9.80 Å². The molecule has 0 bridgehead atoms. The molecule has 72 heavy (non-hydrogen) atoms. The molecule has 0 fully saturated rings. The second-order valence-corrected chi connectivity index (χ2v) is 24.3. The van der Waals surface area contributed by atoms with Crippen LogP contribution in [0.2, 0.25) is 0 Å². The number of nitrogens with zero attached hydrogens (tertiary/aromatic N) is 2. The van der Waals surface area contributed by atoms with Gasteiger partial charge in [-0.15, -0.1) is 0 Å². The molecule has 11 rings (SSSR count). The summed E-state index contributed by atoms with van der Waals surface area (Å²) in [5.41, 5.74) is 18.4. The van der Waals surface area contributed by atoms with Crippen molar-refractivity contribution in [1.82, 2.24) is 0 Å². The summed E-state index contributed by atoms with van der Waals surface area (Å²) in [6.45, 7) is 27.4. The molecule has 3 nitrogen and oxygen atoms in total. The standard InChI is InChI=1S/C69H68N2O/c1-65(2,3)45-25-33-49(34-26-45)70(50-35-27-46(28-36-50)66(4,5)6)53-41-42-56-59(43-53)69(57-21-15-17-23-62(57)72-63-24-18-16-22-58(63)69)60-44-61(54-19-13-14-20-55(54)64(56)60)71(51-37-29-47(30-38-51)67(7,8)9)52-39-31-48(32-40-52)68(10,11)12/h13-44H,1-12H3. The molecule has 360 valence electrons. The Hall–Kier alpha value is -7.36. The maximum Gasteiger partial charge on any atom is 0.132 e. The van der Waals surface area contributed by atoms with Crippen LogP contribution in [0.25, 0.3) is 21.9 Å². The quantitative estimate of drug-likeness (QED) is 0.165. The Labute approximate surface area is 428 Å². The van der Waals surface area contributed by atoms with Crippen molar-refractivity contribution in [1.29, 1.82) is 0 Å². The van der Waals surface area contributed by atoms with Gasteiger partial charge in [-0.3, -0.25) is 0 Å². The number of hydrogen-bond donors (Lipinski definition) is 0. The molecule has 0 amide bonds. The molecule has 3 heteroatoms. The molecule has 0 unspecified atom stereocenters. The fraction of sp³-hybridized carbons (Fsp3) is 0.246. The van der Waals surface area contributed by atoms with Crippen molar-refractivity contribution in [3.63, 3.8) is 0 Å². The topological polar surface area (TPSA) is 15.7 Å². The highest BCUT2D eigenvalue weighted by Gasteiger charge is 2.52. The highest BCUT2D eigenvalue weighted by Crippen LogP contribution is 2.65. The number of ether oxygens (including phenoxy) is 1. The van der Waals surface area contributed by atoms with Crippen molar-refractivity contribution < 1.29 is 4.74 Å². The molecular weight excluding hydrogens is 873 g/mol. The van der Waals surface area contributed by atoms with Gasteiger partial charge in [0.1, 0.15) is 11.5 Å². The molecule has 1 spiro atoms. The zero-order valence-electron chi connectivity index (χ0n) is 44.3. The number of benzene rings is 9. The Bertz CT molecular complexity index is 3340. The number of rotatable bonds is 6. The van der Waals surface area contributed by atoms with E-state index in [0.717, 1.165) is 56.8 Å². The Morgan fingerprint density at radius 3 is 1.10 bits per heavy atom. The van der Waals surface area contributed by atoms with Crippen molar-refractivity contribution in [2.24, 2.45) is 0 Å². The molecule has 0 N–H and O–H groups in total. The first-order valence-electron chi connectivity index (χ1n) is 25.8. The zero-order valence-corrected chi connectivity index (χ0v) is 44.3. The molecule has 0 radical (unpaired) electrons. The summed E-state index contributed by atoms with van der Waals surface area (Å²) in [6, 6.07) is 73.2. The smallest absolute Gasteiger partial charge is 0.132 e. The second-order valence-electron chi connectivity index (χ2n) is 24.3. The van der Waals surface area contributed by atoms with Crippen LogP contribution in [0.4, 0.5) is 34.1 Å². The predicted molar refractivity (Wildman–Crippen MR) is 305 cm³/mol. The third-order valence-corrected chi connectivity index (χ3v) is 15.4. The first kappa shape index (κ1) is 47.0. The number of anilines is 6. The molecule has 9 aromatic rings. The third kappa shape index (κ3) is 7.80. The Morgan fingerprint density at radius 2 is 0.681 bits per heavy atom. The lowest BCUT2D eigenvalue weighted by molar-refractivity contribution is 0.436. The predicted octanol–water partition coefficient (Wildman–Crippen LogP) is 19.4. The van der Waals surface area contributed by atoms with Gasteiger partial charge in [-0.25, -0.2) is 0 Å². The maximum atomic E-state index is 6.95.